The van der Waals surface area contributed by atoms with Crippen LogP contribution in [0.15, 0.2) is 54.6 Å². The molecule has 0 unspecified atom stereocenters. The summed E-state index contributed by atoms with van der Waals surface area (Å²) < 4.78 is 0. The summed E-state index contributed by atoms with van der Waals surface area (Å²) in [4.78, 5) is 26.3. The molecular weight excluding hydrogens is 350 g/mol. The van der Waals surface area contributed by atoms with Crippen molar-refractivity contribution in [1.29, 1.82) is 0 Å². The van der Waals surface area contributed by atoms with Gasteiger partial charge < -0.3 is 4.90 Å². The van der Waals surface area contributed by atoms with Crippen molar-refractivity contribution in [2.24, 2.45) is 0 Å². The lowest BCUT2D eigenvalue weighted by atomic mass is 10.0. The van der Waals surface area contributed by atoms with E-state index in [0.717, 1.165) is 35.7 Å². The fraction of sp³-hybridized carbons (Fsp3) is 0.300. The van der Waals surface area contributed by atoms with Gasteiger partial charge in [-0.05, 0) is 11.1 Å². The third-order valence-corrected chi connectivity index (χ3v) is 6.00. The van der Waals surface area contributed by atoms with Gasteiger partial charge in [0, 0.05) is 30.2 Å². The molecule has 5 heteroatoms. The number of Topliss-reactive ketones (excluding diaryl/α,β-unsaturated/α-hetero) is 1. The third kappa shape index (κ3) is 5.13. The summed E-state index contributed by atoms with van der Waals surface area (Å²) in [5, 5.41) is 0. The molecule has 1 aliphatic rings. The van der Waals surface area contributed by atoms with Crippen LogP contribution in [-0.2, 0) is 4.79 Å². The molecule has 0 spiro atoms. The average molecular weight is 372 g/mol. The van der Waals surface area contributed by atoms with Gasteiger partial charge in [0.25, 0.3) is 0 Å². The minimum absolute atomic E-state index is 0.0756. The van der Waals surface area contributed by atoms with Crippen LogP contribution in [0.2, 0.25) is 0 Å². The standard InChI is InChI=1S/C20H21NO2S2/c22-19(14-25-15-20(23)21-10-12-24-13-11-21)18-8-6-17(7-9-18)16-4-2-1-3-5-16/h1-9H,10-15H2. The SMILES string of the molecule is O=C(CSCC(=O)N1CCSCC1)c1ccc(-c2ccccc2)cc1. The molecule has 25 heavy (non-hydrogen) atoms. The van der Waals surface area contributed by atoms with E-state index in [4.69, 9.17) is 0 Å². The minimum atomic E-state index is 0.0756. The molecule has 1 saturated heterocycles. The number of nitrogens with zero attached hydrogens (tertiary/aromatic N) is 1. The molecule has 1 aliphatic heterocycles. The second-order valence-electron chi connectivity index (χ2n) is 5.85. The Balaban J connectivity index is 1.49. The first-order valence-electron chi connectivity index (χ1n) is 8.36. The van der Waals surface area contributed by atoms with Crippen LogP contribution in [0.5, 0.6) is 0 Å². The summed E-state index contributed by atoms with van der Waals surface area (Å²) in [6, 6.07) is 17.8. The van der Waals surface area contributed by atoms with Crippen molar-refractivity contribution in [1.82, 2.24) is 4.90 Å². The molecule has 0 bridgehead atoms. The van der Waals surface area contributed by atoms with E-state index >= 15 is 0 Å². The highest BCUT2D eigenvalue weighted by Crippen LogP contribution is 2.20. The first kappa shape index (κ1) is 18.1. The monoisotopic (exact) mass is 371 g/mol. The first-order chi connectivity index (χ1) is 12.2. The lowest BCUT2D eigenvalue weighted by Crippen LogP contribution is -2.39. The van der Waals surface area contributed by atoms with Gasteiger partial charge in [-0.1, -0.05) is 54.6 Å². The smallest absolute Gasteiger partial charge is 0.232 e. The van der Waals surface area contributed by atoms with Gasteiger partial charge in [0.05, 0.1) is 11.5 Å². The van der Waals surface area contributed by atoms with Crippen LogP contribution >= 0.6 is 23.5 Å². The van der Waals surface area contributed by atoms with E-state index in [0.29, 0.717) is 17.1 Å². The van der Waals surface area contributed by atoms with Gasteiger partial charge in [-0.15, -0.1) is 11.8 Å². The van der Waals surface area contributed by atoms with Crippen LogP contribution < -0.4 is 0 Å². The van der Waals surface area contributed by atoms with Crippen LogP contribution in [0.1, 0.15) is 10.4 Å². The summed E-state index contributed by atoms with van der Waals surface area (Å²) in [5.41, 5.74) is 2.94. The highest BCUT2D eigenvalue weighted by Gasteiger charge is 2.17. The Bertz CT molecular complexity index is 710. The summed E-state index contributed by atoms with van der Waals surface area (Å²) >= 11 is 3.30. The predicted octanol–water partition coefficient (Wildman–Crippen LogP) is 3.84. The number of ketones is 1. The van der Waals surface area contributed by atoms with Crippen LogP contribution in [0.3, 0.4) is 0 Å². The maximum Gasteiger partial charge on any atom is 0.232 e. The number of carbonyl (C=O) groups is 2. The van der Waals surface area contributed by atoms with Gasteiger partial charge in [0.2, 0.25) is 5.91 Å². The number of carbonyl (C=O) groups excluding carboxylic acids is 2. The molecule has 2 aromatic carbocycles. The highest BCUT2D eigenvalue weighted by molar-refractivity contribution is 8.00. The van der Waals surface area contributed by atoms with Gasteiger partial charge in [-0.2, -0.15) is 11.8 Å². The lowest BCUT2D eigenvalue weighted by Gasteiger charge is -2.26. The van der Waals surface area contributed by atoms with Crippen molar-refractivity contribution in [2.45, 2.75) is 0 Å². The third-order valence-electron chi connectivity index (χ3n) is 4.14. The zero-order chi connectivity index (χ0) is 17.5. The van der Waals surface area contributed by atoms with Gasteiger partial charge in [-0.3, -0.25) is 9.59 Å². The molecule has 0 atom stereocenters. The van der Waals surface area contributed by atoms with Gasteiger partial charge >= 0.3 is 0 Å². The Morgan fingerprint density at radius 2 is 1.52 bits per heavy atom. The van der Waals surface area contributed by atoms with Crippen LogP contribution in [0, 0.1) is 0 Å². The maximum atomic E-state index is 12.3. The highest BCUT2D eigenvalue weighted by atomic mass is 32.2. The molecule has 3 nitrogen and oxygen atoms in total. The number of thioether (sulfide) groups is 2. The molecular formula is C20H21NO2S2. The van der Waals surface area contributed by atoms with Crippen LogP contribution in [0.25, 0.3) is 11.1 Å². The minimum Gasteiger partial charge on any atom is -0.340 e. The zero-order valence-electron chi connectivity index (χ0n) is 14.0. The molecule has 0 saturated carbocycles. The van der Waals surface area contributed by atoms with Crippen molar-refractivity contribution >= 4 is 35.2 Å². The Hall–Kier alpha value is -1.72. The number of rotatable bonds is 6. The Morgan fingerprint density at radius 1 is 0.880 bits per heavy atom. The number of hydrogen-bond acceptors (Lipinski definition) is 4. The second kappa shape index (κ2) is 9.11. The van der Waals surface area contributed by atoms with Gasteiger partial charge in [-0.25, -0.2) is 0 Å². The van der Waals surface area contributed by atoms with Crippen molar-refractivity contribution in [2.75, 3.05) is 36.1 Å². The Kier molecular flexibility index (Phi) is 6.59. The fourth-order valence-corrected chi connectivity index (χ4v) is 4.41. The van der Waals surface area contributed by atoms with Crippen molar-refractivity contribution in [3.8, 4) is 11.1 Å². The molecule has 130 valence electrons. The van der Waals surface area contributed by atoms with E-state index < -0.39 is 0 Å². The molecule has 0 aromatic heterocycles. The quantitative estimate of drug-likeness (QED) is 0.723. The zero-order valence-corrected chi connectivity index (χ0v) is 15.7. The van der Waals surface area contributed by atoms with Crippen molar-refractivity contribution < 1.29 is 9.59 Å². The summed E-state index contributed by atoms with van der Waals surface area (Å²) in [6.07, 6.45) is 0. The molecule has 1 heterocycles. The normalized spacial score (nSPS) is 14.3. The van der Waals surface area contributed by atoms with E-state index in [1.165, 1.54) is 11.8 Å². The van der Waals surface area contributed by atoms with E-state index in [9.17, 15) is 9.59 Å². The molecule has 1 fully saturated rings. The number of amides is 1. The lowest BCUT2D eigenvalue weighted by molar-refractivity contribution is -0.127. The van der Waals surface area contributed by atoms with Gasteiger partial charge in [0.15, 0.2) is 5.78 Å². The number of benzene rings is 2. The molecule has 0 N–H and O–H groups in total. The molecule has 1 amide bonds. The van der Waals surface area contributed by atoms with E-state index in [2.05, 4.69) is 12.1 Å². The maximum absolute atomic E-state index is 12.3. The fourth-order valence-electron chi connectivity index (χ4n) is 2.70. The van der Waals surface area contributed by atoms with Gasteiger partial charge in [0.1, 0.15) is 0 Å². The van der Waals surface area contributed by atoms with E-state index in [1.54, 1.807) is 0 Å². The van der Waals surface area contributed by atoms with Crippen LogP contribution in [0.4, 0.5) is 0 Å². The predicted molar refractivity (Wildman–Crippen MR) is 107 cm³/mol. The molecule has 3 rings (SSSR count). The summed E-state index contributed by atoms with van der Waals surface area (Å²) in [5.74, 6) is 2.99. The Labute approximate surface area is 157 Å². The average Bonchev–Trinajstić information content (AvgIpc) is 2.69. The molecule has 0 radical (unpaired) electrons. The van der Waals surface area contributed by atoms with Crippen molar-refractivity contribution in [3.63, 3.8) is 0 Å². The second-order valence-corrected chi connectivity index (χ2v) is 8.06. The largest absolute Gasteiger partial charge is 0.340 e. The molecule has 2 aromatic rings. The summed E-state index contributed by atoms with van der Waals surface area (Å²) in [7, 11) is 0. The first-order valence-corrected chi connectivity index (χ1v) is 10.7. The Morgan fingerprint density at radius 3 is 2.20 bits per heavy atom. The van der Waals surface area contributed by atoms with E-state index in [1.807, 2.05) is 59.1 Å². The van der Waals surface area contributed by atoms with Crippen molar-refractivity contribution in [3.05, 3.63) is 60.2 Å². The number of hydrogen-bond donors (Lipinski definition) is 0. The molecule has 0 aliphatic carbocycles. The van der Waals surface area contributed by atoms with Crippen LogP contribution in [-0.4, -0.2) is 52.7 Å². The topological polar surface area (TPSA) is 37.4 Å². The van der Waals surface area contributed by atoms with E-state index in [-0.39, 0.29) is 11.7 Å². The summed E-state index contributed by atoms with van der Waals surface area (Å²) in [6.45, 7) is 1.66.